The summed E-state index contributed by atoms with van der Waals surface area (Å²) in [5.41, 5.74) is 5.32. The number of aryl methyl sites for hydroxylation is 2. The van der Waals surface area contributed by atoms with Gasteiger partial charge in [-0.25, -0.2) is 0 Å². The van der Waals surface area contributed by atoms with Gasteiger partial charge in [-0.15, -0.1) is 0 Å². The highest BCUT2D eigenvalue weighted by molar-refractivity contribution is 5.94. The number of ether oxygens (including phenoxy) is 1. The molecule has 1 saturated heterocycles. The van der Waals surface area contributed by atoms with Crippen molar-refractivity contribution in [1.82, 2.24) is 24.9 Å². The zero-order valence-electron chi connectivity index (χ0n) is 17.4. The summed E-state index contributed by atoms with van der Waals surface area (Å²) in [6.45, 7) is 7.33. The Labute approximate surface area is 170 Å². The van der Waals surface area contributed by atoms with E-state index < -0.39 is 0 Å². The molecule has 7 heteroatoms. The third-order valence-corrected chi connectivity index (χ3v) is 5.66. The number of aromatic nitrogens is 4. The van der Waals surface area contributed by atoms with Crippen LogP contribution in [0, 0.1) is 13.8 Å². The van der Waals surface area contributed by atoms with Crippen LogP contribution in [0.3, 0.4) is 0 Å². The number of amides is 1. The maximum absolute atomic E-state index is 13.2. The fourth-order valence-electron chi connectivity index (χ4n) is 4.17. The number of likely N-dealkylation sites (tertiary alicyclic amines) is 1. The molecule has 1 N–H and O–H groups in total. The fraction of sp³-hybridized carbons (Fsp3) is 0.409. The number of H-pyrrole nitrogens is 1. The first-order chi connectivity index (χ1) is 14.0. The van der Waals surface area contributed by atoms with E-state index in [0.717, 1.165) is 53.3 Å². The van der Waals surface area contributed by atoms with Crippen molar-refractivity contribution in [3.8, 4) is 17.0 Å². The molecule has 29 heavy (non-hydrogen) atoms. The molecule has 4 rings (SSSR count). The van der Waals surface area contributed by atoms with E-state index in [1.807, 2.05) is 55.6 Å². The van der Waals surface area contributed by atoms with Gasteiger partial charge in [-0.2, -0.15) is 10.2 Å². The van der Waals surface area contributed by atoms with Gasteiger partial charge in [-0.1, -0.05) is 12.1 Å². The minimum Gasteiger partial charge on any atom is -0.494 e. The Morgan fingerprint density at radius 1 is 1.28 bits per heavy atom. The standard InChI is InChI=1S/C22H27N5O2/c1-5-29-17-10-8-16(9-11-17)20-7-6-12-27(20)22(28)19-13-18(23-24-19)21-14(2)25-26(4)15(21)3/h8-11,13,20H,5-7,12H2,1-4H3,(H,23,24). The van der Waals surface area contributed by atoms with Gasteiger partial charge in [0.2, 0.25) is 0 Å². The highest BCUT2D eigenvalue weighted by Crippen LogP contribution is 2.34. The molecular weight excluding hydrogens is 366 g/mol. The van der Waals surface area contributed by atoms with Gasteiger partial charge < -0.3 is 9.64 Å². The second-order valence-corrected chi connectivity index (χ2v) is 7.49. The van der Waals surface area contributed by atoms with E-state index in [0.29, 0.717) is 12.3 Å². The summed E-state index contributed by atoms with van der Waals surface area (Å²) in [5, 5.41) is 11.8. The van der Waals surface area contributed by atoms with Crippen LogP contribution in [-0.2, 0) is 7.05 Å². The third kappa shape index (κ3) is 3.52. The highest BCUT2D eigenvalue weighted by Gasteiger charge is 2.31. The van der Waals surface area contributed by atoms with Crippen molar-refractivity contribution in [1.29, 1.82) is 0 Å². The van der Waals surface area contributed by atoms with Crippen molar-refractivity contribution in [3.63, 3.8) is 0 Å². The zero-order valence-corrected chi connectivity index (χ0v) is 17.4. The van der Waals surface area contributed by atoms with Crippen LogP contribution < -0.4 is 4.74 Å². The lowest BCUT2D eigenvalue weighted by atomic mass is 10.0. The summed E-state index contributed by atoms with van der Waals surface area (Å²) in [4.78, 5) is 15.2. The van der Waals surface area contributed by atoms with Crippen molar-refractivity contribution in [3.05, 3.63) is 53.0 Å². The summed E-state index contributed by atoms with van der Waals surface area (Å²) in [5.74, 6) is 0.840. The van der Waals surface area contributed by atoms with Crippen LogP contribution >= 0.6 is 0 Å². The van der Waals surface area contributed by atoms with Crippen molar-refractivity contribution in [2.75, 3.05) is 13.2 Å². The molecule has 1 aliphatic rings. The topological polar surface area (TPSA) is 76.0 Å². The molecule has 1 aliphatic heterocycles. The molecular formula is C22H27N5O2. The highest BCUT2D eigenvalue weighted by atomic mass is 16.5. The first-order valence-corrected chi connectivity index (χ1v) is 10.1. The van der Waals surface area contributed by atoms with E-state index in [4.69, 9.17) is 4.74 Å². The predicted molar refractivity (Wildman–Crippen MR) is 111 cm³/mol. The Kier molecular flexibility index (Phi) is 5.13. The van der Waals surface area contributed by atoms with E-state index in [1.165, 1.54) is 0 Å². The van der Waals surface area contributed by atoms with Crippen LogP contribution in [-0.4, -0.2) is 43.9 Å². The van der Waals surface area contributed by atoms with Gasteiger partial charge >= 0.3 is 0 Å². The molecule has 2 aromatic heterocycles. The van der Waals surface area contributed by atoms with E-state index in [2.05, 4.69) is 27.4 Å². The van der Waals surface area contributed by atoms with Gasteiger partial charge in [0.05, 0.1) is 24.0 Å². The minimum atomic E-state index is -0.0145. The molecule has 0 aliphatic carbocycles. The molecule has 0 spiro atoms. The Balaban J connectivity index is 1.57. The first-order valence-electron chi connectivity index (χ1n) is 10.1. The van der Waals surface area contributed by atoms with E-state index in [1.54, 1.807) is 0 Å². The molecule has 1 unspecified atom stereocenters. The SMILES string of the molecule is CCOc1ccc(C2CCCN2C(=O)c2cc(-c3c(C)nn(C)c3C)n[nH]2)cc1. The van der Waals surface area contributed by atoms with E-state index >= 15 is 0 Å². The van der Waals surface area contributed by atoms with Gasteiger partial charge in [0.15, 0.2) is 0 Å². The largest absolute Gasteiger partial charge is 0.494 e. The van der Waals surface area contributed by atoms with Gasteiger partial charge in [-0.3, -0.25) is 14.6 Å². The van der Waals surface area contributed by atoms with Crippen molar-refractivity contribution in [2.45, 2.75) is 39.7 Å². The maximum Gasteiger partial charge on any atom is 0.272 e. The number of nitrogens with one attached hydrogen (secondary N) is 1. The molecule has 0 saturated carbocycles. The smallest absolute Gasteiger partial charge is 0.272 e. The molecule has 3 aromatic rings. The van der Waals surface area contributed by atoms with Crippen molar-refractivity contribution < 1.29 is 9.53 Å². The Morgan fingerprint density at radius 3 is 2.69 bits per heavy atom. The molecule has 1 amide bonds. The van der Waals surface area contributed by atoms with Gasteiger partial charge in [0.25, 0.3) is 5.91 Å². The molecule has 7 nitrogen and oxygen atoms in total. The molecule has 0 bridgehead atoms. The summed E-state index contributed by atoms with van der Waals surface area (Å²) >= 11 is 0. The van der Waals surface area contributed by atoms with Crippen molar-refractivity contribution in [2.24, 2.45) is 7.05 Å². The van der Waals surface area contributed by atoms with Gasteiger partial charge in [0.1, 0.15) is 11.4 Å². The number of rotatable bonds is 5. The van der Waals surface area contributed by atoms with Crippen LogP contribution in [0.1, 0.15) is 53.2 Å². The number of hydrogen-bond donors (Lipinski definition) is 1. The Hall–Kier alpha value is -3.09. The molecule has 3 heterocycles. The second kappa shape index (κ2) is 7.73. The quantitative estimate of drug-likeness (QED) is 0.715. The number of hydrogen-bond acceptors (Lipinski definition) is 4. The Bertz CT molecular complexity index is 1020. The average molecular weight is 393 g/mol. The third-order valence-electron chi connectivity index (χ3n) is 5.66. The van der Waals surface area contributed by atoms with Crippen LogP contribution in [0.15, 0.2) is 30.3 Å². The van der Waals surface area contributed by atoms with E-state index in [9.17, 15) is 4.79 Å². The van der Waals surface area contributed by atoms with Crippen LogP contribution in [0.2, 0.25) is 0 Å². The molecule has 1 aromatic carbocycles. The summed E-state index contributed by atoms with van der Waals surface area (Å²) in [7, 11) is 1.91. The minimum absolute atomic E-state index is 0.0145. The van der Waals surface area contributed by atoms with Gasteiger partial charge in [0, 0.05) is 24.8 Å². The molecule has 152 valence electrons. The molecule has 1 fully saturated rings. The first kappa shape index (κ1) is 19.2. The summed E-state index contributed by atoms with van der Waals surface area (Å²) < 4.78 is 7.37. The van der Waals surface area contributed by atoms with Crippen LogP contribution in [0.5, 0.6) is 5.75 Å². The normalized spacial score (nSPS) is 16.4. The van der Waals surface area contributed by atoms with Crippen LogP contribution in [0.25, 0.3) is 11.3 Å². The van der Waals surface area contributed by atoms with Gasteiger partial charge in [-0.05, 0) is 57.4 Å². The number of carbonyl (C=O) groups excluding carboxylic acids is 1. The number of carbonyl (C=O) groups is 1. The molecule has 0 radical (unpaired) electrons. The number of benzene rings is 1. The van der Waals surface area contributed by atoms with Crippen LogP contribution in [0.4, 0.5) is 0 Å². The maximum atomic E-state index is 13.2. The Morgan fingerprint density at radius 2 is 2.03 bits per heavy atom. The van der Waals surface area contributed by atoms with E-state index in [-0.39, 0.29) is 11.9 Å². The number of nitrogens with zero attached hydrogens (tertiary/aromatic N) is 4. The second-order valence-electron chi connectivity index (χ2n) is 7.49. The zero-order chi connectivity index (χ0) is 20.5. The number of aromatic amines is 1. The average Bonchev–Trinajstić information content (AvgIpc) is 3.43. The lowest BCUT2D eigenvalue weighted by Crippen LogP contribution is -2.30. The summed E-state index contributed by atoms with van der Waals surface area (Å²) in [6.07, 6.45) is 1.95. The molecule has 1 atom stereocenters. The fourth-order valence-corrected chi connectivity index (χ4v) is 4.17. The predicted octanol–water partition coefficient (Wildman–Crippen LogP) is 3.80. The van der Waals surface area contributed by atoms with Crippen molar-refractivity contribution >= 4 is 5.91 Å². The lowest BCUT2D eigenvalue weighted by Gasteiger charge is -2.24. The monoisotopic (exact) mass is 393 g/mol. The summed E-state index contributed by atoms with van der Waals surface area (Å²) in [6, 6.07) is 9.98. The lowest BCUT2D eigenvalue weighted by molar-refractivity contribution is 0.0729.